The molecule has 0 aliphatic carbocycles. The van der Waals surface area contributed by atoms with Crippen molar-refractivity contribution in [2.75, 3.05) is 13.1 Å². The number of hydrogen-bond acceptors (Lipinski definition) is 3. The number of aliphatic carboxylic acids is 1. The predicted octanol–water partition coefficient (Wildman–Crippen LogP) is 1.19. The van der Waals surface area contributed by atoms with Gasteiger partial charge in [0.1, 0.15) is 12.3 Å². The van der Waals surface area contributed by atoms with Gasteiger partial charge in [-0.3, -0.25) is 9.59 Å². The molecule has 1 N–H and O–H groups in total. The smallest absolute Gasteiger partial charge is 0.323 e. The van der Waals surface area contributed by atoms with Crippen molar-refractivity contribution in [1.82, 2.24) is 4.90 Å². The highest BCUT2D eigenvalue weighted by Gasteiger charge is 2.33. The molecule has 20 heavy (non-hydrogen) atoms. The topological polar surface area (TPSA) is 66.8 Å². The van der Waals surface area contributed by atoms with Crippen LogP contribution in [0.2, 0.25) is 5.02 Å². The van der Waals surface area contributed by atoms with Crippen molar-refractivity contribution in [1.29, 1.82) is 0 Å². The third kappa shape index (κ3) is 3.03. The summed E-state index contributed by atoms with van der Waals surface area (Å²) in [6.45, 7) is -0.512. The molecule has 0 radical (unpaired) electrons. The largest absolute Gasteiger partial charge is 0.480 e. The summed E-state index contributed by atoms with van der Waals surface area (Å²) in [5.74, 6) is 1.31. The average Bonchev–Trinajstić information content (AvgIpc) is 2.79. The lowest BCUT2D eigenvalue weighted by Gasteiger charge is -2.21. The highest BCUT2D eigenvalue weighted by atomic mass is 35.5. The minimum absolute atomic E-state index is 0.0674. The van der Waals surface area contributed by atoms with Crippen molar-refractivity contribution in [3.8, 4) is 18.1 Å². The van der Waals surface area contributed by atoms with Gasteiger partial charge in [0, 0.05) is 11.4 Å². The molecule has 6 heteroatoms. The minimum Gasteiger partial charge on any atom is -0.480 e. The monoisotopic (exact) mass is 293 g/mol. The third-order valence-corrected chi connectivity index (χ3v) is 3.13. The average molecular weight is 294 g/mol. The number of carboxylic acid groups (broad SMARTS) is 1. The number of halogens is 1. The molecule has 104 valence electrons. The van der Waals surface area contributed by atoms with Gasteiger partial charge in [0.2, 0.25) is 0 Å². The number of carbonyl (C=O) groups is 2. The fraction of sp³-hybridized carbons (Fsp3) is 0.286. The first-order valence-corrected chi connectivity index (χ1v) is 6.28. The maximum Gasteiger partial charge on any atom is 0.323 e. The highest BCUT2D eigenvalue weighted by molar-refractivity contribution is 6.30. The lowest BCUT2D eigenvalue weighted by Crippen LogP contribution is -2.44. The van der Waals surface area contributed by atoms with E-state index in [9.17, 15) is 9.59 Å². The number of fused-ring (bicyclic) bond motifs is 1. The van der Waals surface area contributed by atoms with E-state index in [0.29, 0.717) is 17.2 Å². The SMILES string of the molecule is C#CCN(CC(=O)O)C(=O)C1Cc2cc(Cl)ccc2O1. The van der Waals surface area contributed by atoms with Crippen LogP contribution in [0.1, 0.15) is 5.56 Å². The van der Waals surface area contributed by atoms with E-state index in [1.807, 2.05) is 0 Å². The summed E-state index contributed by atoms with van der Waals surface area (Å²) < 4.78 is 5.52. The molecule has 1 aromatic carbocycles. The second-order valence-corrected chi connectivity index (χ2v) is 4.79. The van der Waals surface area contributed by atoms with Gasteiger partial charge in [0.25, 0.3) is 5.91 Å². The normalized spacial score (nSPS) is 15.9. The number of terminal acetylenes is 1. The van der Waals surface area contributed by atoms with Crippen LogP contribution in [0.25, 0.3) is 0 Å². The zero-order valence-electron chi connectivity index (χ0n) is 10.5. The summed E-state index contributed by atoms with van der Waals surface area (Å²) in [4.78, 5) is 24.1. The molecule has 0 saturated carbocycles. The van der Waals surface area contributed by atoms with Gasteiger partial charge in [0.15, 0.2) is 6.10 Å². The van der Waals surface area contributed by atoms with E-state index in [-0.39, 0.29) is 6.54 Å². The van der Waals surface area contributed by atoms with Crippen LogP contribution in [0.15, 0.2) is 18.2 Å². The Kier molecular flexibility index (Phi) is 4.16. The number of nitrogens with zero attached hydrogens (tertiary/aromatic N) is 1. The summed E-state index contributed by atoms with van der Waals surface area (Å²) in [5, 5.41) is 9.35. The fourth-order valence-corrected chi connectivity index (χ4v) is 2.24. The van der Waals surface area contributed by atoms with Gasteiger partial charge >= 0.3 is 5.97 Å². The number of benzene rings is 1. The summed E-state index contributed by atoms with van der Waals surface area (Å²) >= 11 is 5.88. The number of carbonyl (C=O) groups excluding carboxylic acids is 1. The van der Waals surface area contributed by atoms with Crippen LogP contribution in [-0.2, 0) is 16.0 Å². The van der Waals surface area contributed by atoms with Crippen LogP contribution >= 0.6 is 11.6 Å². The molecule has 0 spiro atoms. The molecular weight excluding hydrogens is 282 g/mol. The van der Waals surface area contributed by atoms with E-state index in [2.05, 4.69) is 5.92 Å². The number of rotatable bonds is 4. The lowest BCUT2D eigenvalue weighted by molar-refractivity contribution is -0.146. The predicted molar refractivity (Wildman–Crippen MR) is 72.6 cm³/mol. The molecule has 5 nitrogen and oxygen atoms in total. The molecule has 2 rings (SSSR count). The van der Waals surface area contributed by atoms with E-state index in [1.54, 1.807) is 18.2 Å². The summed E-state index contributed by atoms with van der Waals surface area (Å²) in [5.41, 5.74) is 0.826. The fourth-order valence-electron chi connectivity index (χ4n) is 2.04. The van der Waals surface area contributed by atoms with Crippen LogP contribution in [-0.4, -0.2) is 41.1 Å². The van der Waals surface area contributed by atoms with E-state index in [1.165, 1.54) is 0 Å². The molecule has 0 saturated heterocycles. The second kappa shape index (κ2) is 5.85. The van der Waals surface area contributed by atoms with E-state index in [4.69, 9.17) is 27.9 Å². The zero-order valence-corrected chi connectivity index (χ0v) is 11.3. The Morgan fingerprint density at radius 1 is 1.55 bits per heavy atom. The molecule has 1 aromatic rings. The first-order valence-electron chi connectivity index (χ1n) is 5.90. The van der Waals surface area contributed by atoms with Crippen molar-refractivity contribution in [3.05, 3.63) is 28.8 Å². The van der Waals surface area contributed by atoms with Gasteiger partial charge in [-0.2, -0.15) is 0 Å². The maximum atomic E-state index is 12.2. The van der Waals surface area contributed by atoms with Gasteiger partial charge in [-0.25, -0.2) is 0 Å². The van der Waals surface area contributed by atoms with Crippen molar-refractivity contribution < 1.29 is 19.4 Å². The molecule has 1 atom stereocenters. The van der Waals surface area contributed by atoms with Crippen LogP contribution in [0.4, 0.5) is 0 Å². The molecule has 1 aliphatic rings. The first-order chi connectivity index (χ1) is 9.51. The molecule has 0 bridgehead atoms. The van der Waals surface area contributed by atoms with Gasteiger partial charge in [-0.15, -0.1) is 6.42 Å². The van der Waals surface area contributed by atoms with Crippen LogP contribution in [0.5, 0.6) is 5.75 Å². The quantitative estimate of drug-likeness (QED) is 0.847. The molecule has 1 amide bonds. The van der Waals surface area contributed by atoms with Crippen molar-refractivity contribution in [2.24, 2.45) is 0 Å². The Morgan fingerprint density at radius 2 is 2.30 bits per heavy atom. The highest BCUT2D eigenvalue weighted by Crippen LogP contribution is 2.31. The molecule has 0 aromatic heterocycles. The molecule has 1 unspecified atom stereocenters. The number of carboxylic acids is 1. The van der Waals surface area contributed by atoms with Crippen molar-refractivity contribution in [2.45, 2.75) is 12.5 Å². The molecule has 1 heterocycles. The number of hydrogen-bond donors (Lipinski definition) is 1. The van der Waals surface area contributed by atoms with Crippen LogP contribution < -0.4 is 4.74 Å². The third-order valence-electron chi connectivity index (χ3n) is 2.89. The number of ether oxygens (including phenoxy) is 1. The molecule has 0 fully saturated rings. The van der Waals surface area contributed by atoms with Crippen LogP contribution in [0, 0.1) is 12.3 Å². The Bertz CT molecular complexity index is 593. The standard InChI is InChI=1S/C14H12ClNO4/c1-2-5-16(8-13(17)18)14(19)12-7-9-6-10(15)3-4-11(9)20-12/h1,3-4,6,12H,5,7-8H2,(H,17,18). The minimum atomic E-state index is -1.12. The summed E-state index contributed by atoms with van der Waals surface area (Å²) in [6.07, 6.45) is 4.75. The van der Waals surface area contributed by atoms with Gasteiger partial charge in [-0.05, 0) is 23.8 Å². The van der Waals surface area contributed by atoms with E-state index < -0.39 is 24.5 Å². The van der Waals surface area contributed by atoms with Crippen molar-refractivity contribution in [3.63, 3.8) is 0 Å². The van der Waals surface area contributed by atoms with E-state index in [0.717, 1.165) is 10.5 Å². The zero-order chi connectivity index (χ0) is 14.7. The first kappa shape index (κ1) is 14.2. The number of amides is 1. The summed E-state index contributed by atoms with van der Waals surface area (Å²) in [6, 6.07) is 5.09. The van der Waals surface area contributed by atoms with Gasteiger partial charge in [0.05, 0.1) is 6.54 Å². The molecule has 1 aliphatic heterocycles. The van der Waals surface area contributed by atoms with Gasteiger partial charge < -0.3 is 14.7 Å². The van der Waals surface area contributed by atoms with Crippen LogP contribution in [0.3, 0.4) is 0 Å². The molecular formula is C14H12ClNO4. The Morgan fingerprint density at radius 3 is 2.95 bits per heavy atom. The second-order valence-electron chi connectivity index (χ2n) is 4.35. The van der Waals surface area contributed by atoms with Gasteiger partial charge in [-0.1, -0.05) is 17.5 Å². The van der Waals surface area contributed by atoms with E-state index >= 15 is 0 Å². The van der Waals surface area contributed by atoms with Crippen molar-refractivity contribution >= 4 is 23.5 Å². The Hall–Kier alpha value is -2.19. The lowest BCUT2D eigenvalue weighted by atomic mass is 10.1. The Balaban J connectivity index is 2.11. The summed E-state index contributed by atoms with van der Waals surface area (Å²) in [7, 11) is 0. The maximum absolute atomic E-state index is 12.2. The Labute approximate surface area is 121 Å².